The zero-order chi connectivity index (χ0) is 22.7. The van der Waals surface area contributed by atoms with Crippen LogP contribution >= 0.6 is 0 Å². The fourth-order valence-corrected chi connectivity index (χ4v) is 6.12. The molecule has 4 rings (SSSR count). The van der Waals surface area contributed by atoms with Gasteiger partial charge in [0.05, 0.1) is 11.5 Å². The molecule has 0 bridgehead atoms. The van der Waals surface area contributed by atoms with Crippen LogP contribution in [0.3, 0.4) is 0 Å². The molecule has 0 spiro atoms. The molecule has 0 radical (unpaired) electrons. The quantitative estimate of drug-likeness (QED) is 0.720. The lowest BCUT2D eigenvalue weighted by atomic mass is 10.0. The van der Waals surface area contributed by atoms with E-state index in [-0.39, 0.29) is 23.5 Å². The summed E-state index contributed by atoms with van der Waals surface area (Å²) in [7, 11) is -3.70. The maximum Gasteiger partial charge on any atom is 0.258 e. The van der Waals surface area contributed by atoms with Crippen LogP contribution in [0.4, 0.5) is 5.69 Å². The van der Waals surface area contributed by atoms with Crippen molar-refractivity contribution in [3.05, 3.63) is 59.7 Å². The SMILES string of the molecule is CC[C@H](CO)N1CCN(S(=O)(=O)c2cccc(C(=O)N3CCCc4ccccc43)c2)CC1. The molecule has 0 aliphatic carbocycles. The number of benzene rings is 2. The zero-order valence-corrected chi connectivity index (χ0v) is 19.3. The van der Waals surface area contributed by atoms with Crippen LogP contribution in [0.1, 0.15) is 35.7 Å². The predicted octanol–water partition coefficient (Wildman–Crippen LogP) is 2.36. The molecule has 7 nitrogen and oxygen atoms in total. The summed E-state index contributed by atoms with van der Waals surface area (Å²) < 4.78 is 28.1. The monoisotopic (exact) mass is 457 g/mol. The fourth-order valence-electron chi connectivity index (χ4n) is 4.65. The van der Waals surface area contributed by atoms with Crippen LogP contribution in [-0.2, 0) is 16.4 Å². The number of anilines is 1. The number of amides is 1. The van der Waals surface area contributed by atoms with Gasteiger partial charge in [-0.25, -0.2) is 8.42 Å². The molecule has 172 valence electrons. The number of carbonyl (C=O) groups excluding carboxylic acids is 1. The molecule has 0 saturated carbocycles. The van der Waals surface area contributed by atoms with Crippen molar-refractivity contribution in [3.8, 4) is 0 Å². The highest BCUT2D eigenvalue weighted by Crippen LogP contribution is 2.29. The molecule has 1 saturated heterocycles. The van der Waals surface area contributed by atoms with Gasteiger partial charge in [0.15, 0.2) is 0 Å². The minimum absolute atomic E-state index is 0.0632. The normalized spacial score (nSPS) is 18.9. The topological polar surface area (TPSA) is 81.2 Å². The molecule has 2 aliphatic rings. The Kier molecular flexibility index (Phi) is 6.95. The van der Waals surface area contributed by atoms with Crippen molar-refractivity contribution < 1.29 is 18.3 Å². The first kappa shape index (κ1) is 22.9. The Balaban J connectivity index is 1.53. The van der Waals surface area contributed by atoms with Gasteiger partial charge >= 0.3 is 0 Å². The summed E-state index contributed by atoms with van der Waals surface area (Å²) in [6.07, 6.45) is 2.65. The average molecular weight is 458 g/mol. The Labute approximate surface area is 190 Å². The summed E-state index contributed by atoms with van der Waals surface area (Å²) in [5, 5.41) is 9.52. The van der Waals surface area contributed by atoms with Crippen molar-refractivity contribution in [1.82, 2.24) is 9.21 Å². The zero-order valence-electron chi connectivity index (χ0n) is 18.5. The van der Waals surface area contributed by atoms with Crippen LogP contribution in [0.2, 0.25) is 0 Å². The second-order valence-electron chi connectivity index (χ2n) is 8.40. The van der Waals surface area contributed by atoms with Gasteiger partial charge in [-0.3, -0.25) is 9.69 Å². The van der Waals surface area contributed by atoms with Crippen LogP contribution in [0.5, 0.6) is 0 Å². The maximum absolute atomic E-state index is 13.3. The summed E-state index contributed by atoms with van der Waals surface area (Å²) in [6, 6.07) is 14.3. The van der Waals surface area contributed by atoms with E-state index in [0.29, 0.717) is 38.3 Å². The third-order valence-electron chi connectivity index (χ3n) is 6.55. The molecule has 32 heavy (non-hydrogen) atoms. The van der Waals surface area contributed by atoms with E-state index in [1.165, 1.54) is 10.4 Å². The van der Waals surface area contributed by atoms with Gasteiger partial charge in [-0.2, -0.15) is 4.31 Å². The minimum atomic E-state index is -3.70. The summed E-state index contributed by atoms with van der Waals surface area (Å²) >= 11 is 0. The lowest BCUT2D eigenvalue weighted by Crippen LogP contribution is -2.52. The van der Waals surface area contributed by atoms with Gasteiger partial charge in [0.2, 0.25) is 10.0 Å². The van der Waals surface area contributed by atoms with Crippen molar-refractivity contribution >= 4 is 21.6 Å². The lowest BCUT2D eigenvalue weighted by molar-refractivity contribution is 0.0881. The molecule has 0 aromatic heterocycles. The molecule has 2 heterocycles. The highest BCUT2D eigenvalue weighted by atomic mass is 32.2. The predicted molar refractivity (Wildman–Crippen MR) is 124 cm³/mol. The standard InChI is InChI=1S/C24H31N3O4S/c1-2-21(18-28)25-13-15-26(16-14-25)32(30,31)22-10-5-8-20(17-22)24(29)27-12-6-9-19-7-3-4-11-23(19)27/h3-5,7-8,10-11,17,21,28H,2,6,9,12-16,18H2,1H3/t21-/m1/s1. The van der Waals surface area contributed by atoms with E-state index in [1.54, 1.807) is 23.1 Å². The van der Waals surface area contributed by atoms with E-state index in [0.717, 1.165) is 30.5 Å². The van der Waals surface area contributed by atoms with Gasteiger partial charge < -0.3 is 10.0 Å². The lowest BCUT2D eigenvalue weighted by Gasteiger charge is -2.37. The fraction of sp³-hybridized carbons (Fsp3) is 0.458. The van der Waals surface area contributed by atoms with E-state index >= 15 is 0 Å². The second kappa shape index (κ2) is 9.70. The smallest absolute Gasteiger partial charge is 0.258 e. The first-order valence-corrected chi connectivity index (χ1v) is 12.7. The van der Waals surface area contributed by atoms with Gasteiger partial charge in [-0.1, -0.05) is 31.2 Å². The number of piperazine rings is 1. The molecular weight excluding hydrogens is 426 g/mol. The highest BCUT2D eigenvalue weighted by Gasteiger charge is 2.31. The number of aliphatic hydroxyl groups excluding tert-OH is 1. The number of sulfonamides is 1. The Bertz CT molecular complexity index is 1060. The molecule has 1 amide bonds. The number of aliphatic hydroxyl groups is 1. The molecule has 1 N–H and O–H groups in total. The highest BCUT2D eigenvalue weighted by molar-refractivity contribution is 7.89. The number of hydrogen-bond acceptors (Lipinski definition) is 5. The molecule has 1 atom stereocenters. The Morgan fingerprint density at radius 2 is 1.78 bits per heavy atom. The van der Waals surface area contributed by atoms with Gasteiger partial charge in [-0.15, -0.1) is 0 Å². The Hall–Kier alpha value is -2.26. The third kappa shape index (κ3) is 4.45. The van der Waals surface area contributed by atoms with E-state index in [2.05, 4.69) is 4.90 Å². The minimum Gasteiger partial charge on any atom is -0.395 e. The number of rotatable bonds is 6. The number of para-hydroxylation sites is 1. The van der Waals surface area contributed by atoms with Crippen LogP contribution in [-0.4, -0.2) is 74.0 Å². The molecule has 2 aromatic carbocycles. The van der Waals surface area contributed by atoms with E-state index in [9.17, 15) is 18.3 Å². The Morgan fingerprint density at radius 1 is 1.03 bits per heavy atom. The summed E-state index contributed by atoms with van der Waals surface area (Å²) in [6.45, 7) is 4.63. The van der Waals surface area contributed by atoms with Crippen molar-refractivity contribution in [2.75, 3.05) is 44.2 Å². The largest absolute Gasteiger partial charge is 0.395 e. The van der Waals surface area contributed by atoms with Crippen molar-refractivity contribution in [1.29, 1.82) is 0 Å². The van der Waals surface area contributed by atoms with Crippen molar-refractivity contribution in [2.24, 2.45) is 0 Å². The number of fused-ring (bicyclic) bond motifs is 1. The van der Waals surface area contributed by atoms with Gasteiger partial charge in [0.25, 0.3) is 5.91 Å². The number of hydrogen-bond donors (Lipinski definition) is 1. The Morgan fingerprint density at radius 3 is 2.50 bits per heavy atom. The average Bonchev–Trinajstić information content (AvgIpc) is 2.84. The number of nitrogens with zero attached hydrogens (tertiary/aromatic N) is 3. The first-order chi connectivity index (χ1) is 15.5. The van der Waals surface area contributed by atoms with Gasteiger partial charge in [0, 0.05) is 50.0 Å². The molecule has 8 heteroatoms. The first-order valence-electron chi connectivity index (χ1n) is 11.3. The summed E-state index contributed by atoms with van der Waals surface area (Å²) in [5.41, 5.74) is 2.43. The summed E-state index contributed by atoms with van der Waals surface area (Å²) in [5.74, 6) is -0.173. The van der Waals surface area contributed by atoms with Gasteiger partial charge in [0.1, 0.15) is 0 Å². The van der Waals surface area contributed by atoms with Gasteiger partial charge in [-0.05, 0) is 49.1 Å². The van der Waals surface area contributed by atoms with E-state index < -0.39 is 10.0 Å². The van der Waals surface area contributed by atoms with Crippen LogP contribution in [0, 0.1) is 0 Å². The van der Waals surface area contributed by atoms with Crippen molar-refractivity contribution in [3.63, 3.8) is 0 Å². The number of aryl methyl sites for hydroxylation is 1. The van der Waals surface area contributed by atoms with Crippen LogP contribution in [0.15, 0.2) is 53.4 Å². The molecule has 0 unspecified atom stereocenters. The molecule has 2 aliphatic heterocycles. The van der Waals surface area contributed by atoms with E-state index in [1.807, 2.05) is 31.2 Å². The van der Waals surface area contributed by atoms with Crippen molar-refractivity contribution in [2.45, 2.75) is 37.1 Å². The second-order valence-corrected chi connectivity index (χ2v) is 10.3. The maximum atomic E-state index is 13.3. The molecular formula is C24H31N3O4S. The molecule has 2 aromatic rings. The summed E-state index contributed by atoms with van der Waals surface area (Å²) in [4.78, 5) is 17.3. The van der Waals surface area contributed by atoms with Crippen LogP contribution < -0.4 is 4.90 Å². The van der Waals surface area contributed by atoms with E-state index in [4.69, 9.17) is 0 Å². The third-order valence-corrected chi connectivity index (χ3v) is 8.44. The van der Waals surface area contributed by atoms with Crippen LogP contribution in [0.25, 0.3) is 0 Å². The number of carbonyl (C=O) groups is 1. The molecule has 1 fully saturated rings.